The van der Waals surface area contributed by atoms with Gasteiger partial charge in [-0.3, -0.25) is 4.68 Å². The standard InChI is InChI=1S/C11H15N5O/c1-8(2)16-6-9(5-14-16)15-10-4-11(17-3)13-7-12-10/h4-8H,1-3H3,(H,12,13,15). The average molecular weight is 233 g/mol. The van der Waals surface area contributed by atoms with Crippen molar-refractivity contribution in [2.24, 2.45) is 0 Å². The largest absolute Gasteiger partial charge is 0.481 e. The highest BCUT2D eigenvalue weighted by atomic mass is 16.5. The summed E-state index contributed by atoms with van der Waals surface area (Å²) >= 11 is 0. The van der Waals surface area contributed by atoms with Gasteiger partial charge in [0.1, 0.15) is 12.1 Å². The summed E-state index contributed by atoms with van der Waals surface area (Å²) < 4.78 is 6.90. The molecule has 0 amide bonds. The summed E-state index contributed by atoms with van der Waals surface area (Å²) in [5.74, 6) is 1.21. The lowest BCUT2D eigenvalue weighted by molar-refractivity contribution is 0.397. The maximum Gasteiger partial charge on any atom is 0.218 e. The van der Waals surface area contributed by atoms with E-state index in [2.05, 4.69) is 34.2 Å². The van der Waals surface area contributed by atoms with Gasteiger partial charge in [-0.05, 0) is 13.8 Å². The third kappa shape index (κ3) is 2.72. The van der Waals surface area contributed by atoms with Crippen LogP contribution in [0.25, 0.3) is 0 Å². The van der Waals surface area contributed by atoms with Crippen LogP contribution in [-0.2, 0) is 0 Å². The second kappa shape index (κ2) is 4.82. The molecule has 0 aliphatic carbocycles. The van der Waals surface area contributed by atoms with Crippen LogP contribution in [0.2, 0.25) is 0 Å². The monoisotopic (exact) mass is 233 g/mol. The molecular weight excluding hydrogens is 218 g/mol. The molecule has 0 radical (unpaired) electrons. The first-order valence-corrected chi connectivity index (χ1v) is 5.36. The first-order valence-electron chi connectivity index (χ1n) is 5.36. The van der Waals surface area contributed by atoms with Gasteiger partial charge in [-0.1, -0.05) is 0 Å². The van der Waals surface area contributed by atoms with E-state index in [1.807, 2.05) is 10.9 Å². The minimum absolute atomic E-state index is 0.338. The Hall–Kier alpha value is -2.11. The molecule has 0 atom stereocenters. The van der Waals surface area contributed by atoms with Crippen molar-refractivity contribution >= 4 is 11.5 Å². The number of hydrogen-bond donors (Lipinski definition) is 1. The number of ether oxygens (including phenoxy) is 1. The predicted molar refractivity (Wildman–Crippen MR) is 64.5 cm³/mol. The van der Waals surface area contributed by atoms with E-state index in [1.54, 1.807) is 19.4 Å². The molecule has 90 valence electrons. The fourth-order valence-electron chi connectivity index (χ4n) is 1.35. The number of nitrogens with zero attached hydrogens (tertiary/aromatic N) is 4. The van der Waals surface area contributed by atoms with Crippen molar-refractivity contribution in [1.82, 2.24) is 19.7 Å². The maximum atomic E-state index is 5.02. The minimum Gasteiger partial charge on any atom is -0.481 e. The Kier molecular flexibility index (Phi) is 3.22. The van der Waals surface area contributed by atoms with E-state index in [4.69, 9.17) is 4.74 Å². The van der Waals surface area contributed by atoms with E-state index in [9.17, 15) is 0 Å². The lowest BCUT2D eigenvalue weighted by Crippen LogP contribution is -2.00. The number of hydrogen-bond acceptors (Lipinski definition) is 5. The van der Waals surface area contributed by atoms with Gasteiger partial charge in [-0.2, -0.15) is 5.10 Å². The summed E-state index contributed by atoms with van der Waals surface area (Å²) in [6.45, 7) is 4.15. The number of nitrogens with one attached hydrogen (secondary N) is 1. The molecule has 0 aliphatic rings. The van der Waals surface area contributed by atoms with Gasteiger partial charge in [0.15, 0.2) is 0 Å². The fourth-order valence-corrected chi connectivity index (χ4v) is 1.35. The van der Waals surface area contributed by atoms with Crippen LogP contribution in [0.4, 0.5) is 11.5 Å². The van der Waals surface area contributed by atoms with Crippen LogP contribution >= 0.6 is 0 Å². The highest BCUT2D eigenvalue weighted by Crippen LogP contribution is 2.17. The van der Waals surface area contributed by atoms with Gasteiger partial charge in [-0.25, -0.2) is 9.97 Å². The SMILES string of the molecule is COc1cc(Nc2cnn(C(C)C)c2)ncn1. The molecule has 0 fully saturated rings. The third-order valence-corrected chi connectivity index (χ3v) is 2.25. The van der Waals surface area contributed by atoms with Crippen LogP contribution in [0.5, 0.6) is 5.88 Å². The Balaban J connectivity index is 2.13. The van der Waals surface area contributed by atoms with Gasteiger partial charge >= 0.3 is 0 Å². The lowest BCUT2D eigenvalue weighted by Gasteiger charge is -2.05. The molecule has 2 rings (SSSR count). The smallest absolute Gasteiger partial charge is 0.218 e. The molecule has 0 aromatic carbocycles. The topological polar surface area (TPSA) is 64.9 Å². The van der Waals surface area contributed by atoms with Gasteiger partial charge in [-0.15, -0.1) is 0 Å². The van der Waals surface area contributed by atoms with Crippen LogP contribution in [0.15, 0.2) is 24.8 Å². The first-order chi connectivity index (χ1) is 8.19. The summed E-state index contributed by atoms with van der Waals surface area (Å²) in [5, 5.41) is 7.37. The number of aromatic nitrogens is 4. The van der Waals surface area contributed by atoms with E-state index in [0.29, 0.717) is 17.7 Å². The molecule has 0 saturated carbocycles. The van der Waals surface area contributed by atoms with E-state index in [1.165, 1.54) is 6.33 Å². The molecule has 0 spiro atoms. The highest BCUT2D eigenvalue weighted by Gasteiger charge is 2.03. The van der Waals surface area contributed by atoms with Gasteiger partial charge in [0.05, 0.1) is 19.0 Å². The zero-order chi connectivity index (χ0) is 12.3. The Morgan fingerprint density at radius 2 is 2.18 bits per heavy atom. The normalized spacial score (nSPS) is 10.6. The summed E-state index contributed by atoms with van der Waals surface area (Å²) in [6.07, 6.45) is 5.14. The van der Waals surface area contributed by atoms with Gasteiger partial charge in [0.25, 0.3) is 0 Å². The summed E-state index contributed by atoms with van der Waals surface area (Å²) in [7, 11) is 1.57. The second-order valence-corrected chi connectivity index (χ2v) is 3.87. The number of methoxy groups -OCH3 is 1. The van der Waals surface area contributed by atoms with Crippen molar-refractivity contribution in [1.29, 1.82) is 0 Å². The molecule has 0 saturated heterocycles. The van der Waals surface area contributed by atoms with Crippen LogP contribution in [0.3, 0.4) is 0 Å². The Bertz CT molecular complexity index is 494. The van der Waals surface area contributed by atoms with Crippen LogP contribution in [0.1, 0.15) is 19.9 Å². The molecular formula is C11H15N5O. The highest BCUT2D eigenvalue weighted by molar-refractivity contribution is 5.54. The van der Waals surface area contributed by atoms with Crippen molar-refractivity contribution in [3.63, 3.8) is 0 Å². The molecule has 0 unspecified atom stereocenters. The van der Waals surface area contributed by atoms with Gasteiger partial charge in [0, 0.05) is 18.3 Å². The van der Waals surface area contributed by atoms with Crippen LogP contribution in [0, 0.1) is 0 Å². The van der Waals surface area contributed by atoms with Crippen LogP contribution < -0.4 is 10.1 Å². The molecule has 17 heavy (non-hydrogen) atoms. The zero-order valence-corrected chi connectivity index (χ0v) is 10.1. The molecule has 6 heteroatoms. The molecule has 2 aromatic heterocycles. The first kappa shape index (κ1) is 11.4. The van der Waals surface area contributed by atoms with Crippen molar-refractivity contribution in [3.05, 3.63) is 24.8 Å². The average Bonchev–Trinajstić information content (AvgIpc) is 2.78. The van der Waals surface area contributed by atoms with E-state index in [0.717, 1.165) is 5.69 Å². The summed E-state index contributed by atoms with van der Waals surface area (Å²) in [4.78, 5) is 8.04. The summed E-state index contributed by atoms with van der Waals surface area (Å²) in [5.41, 5.74) is 0.888. The third-order valence-electron chi connectivity index (χ3n) is 2.25. The quantitative estimate of drug-likeness (QED) is 0.875. The van der Waals surface area contributed by atoms with Crippen molar-refractivity contribution in [2.45, 2.75) is 19.9 Å². The lowest BCUT2D eigenvalue weighted by atomic mass is 10.4. The predicted octanol–water partition coefficient (Wildman–Crippen LogP) is 2.01. The van der Waals surface area contributed by atoms with E-state index >= 15 is 0 Å². The van der Waals surface area contributed by atoms with Crippen molar-refractivity contribution in [2.75, 3.05) is 12.4 Å². The van der Waals surface area contributed by atoms with E-state index in [-0.39, 0.29) is 0 Å². The number of rotatable bonds is 4. The van der Waals surface area contributed by atoms with Crippen molar-refractivity contribution in [3.8, 4) is 5.88 Å². The molecule has 2 heterocycles. The second-order valence-electron chi connectivity index (χ2n) is 3.87. The molecule has 0 aliphatic heterocycles. The Labute approximate surface area is 99.7 Å². The fraction of sp³-hybridized carbons (Fsp3) is 0.364. The molecule has 1 N–H and O–H groups in total. The van der Waals surface area contributed by atoms with Crippen molar-refractivity contribution < 1.29 is 4.74 Å². The van der Waals surface area contributed by atoms with Gasteiger partial charge < -0.3 is 10.1 Å². The Morgan fingerprint density at radius 1 is 1.35 bits per heavy atom. The molecule has 0 bridgehead atoms. The number of anilines is 2. The molecule has 2 aromatic rings. The minimum atomic E-state index is 0.338. The molecule has 6 nitrogen and oxygen atoms in total. The van der Waals surface area contributed by atoms with Crippen LogP contribution in [-0.4, -0.2) is 26.9 Å². The summed E-state index contributed by atoms with van der Waals surface area (Å²) in [6, 6.07) is 2.07. The van der Waals surface area contributed by atoms with E-state index < -0.39 is 0 Å². The van der Waals surface area contributed by atoms with Gasteiger partial charge in [0.2, 0.25) is 5.88 Å². The maximum absolute atomic E-state index is 5.02. The Morgan fingerprint density at radius 3 is 2.82 bits per heavy atom. The zero-order valence-electron chi connectivity index (χ0n) is 10.1.